The Morgan fingerprint density at radius 1 is 1.10 bits per heavy atom. The second-order valence-corrected chi connectivity index (χ2v) is 7.51. The van der Waals surface area contributed by atoms with Gasteiger partial charge >= 0.3 is 0 Å². The SMILES string of the molecule is CN=C(NCCc1coc(-c2ccc(F)cc2)n1)NCC1(c2ccccc2F)CC1.I. The third-order valence-electron chi connectivity index (χ3n) is 5.43. The lowest BCUT2D eigenvalue weighted by Crippen LogP contribution is -2.42. The molecule has 1 heterocycles. The molecule has 4 rings (SSSR count). The normalized spacial score (nSPS) is 14.6. The molecule has 0 aliphatic heterocycles. The fraction of sp³-hybridized carbons (Fsp3) is 0.304. The number of aliphatic imine (C=N–C) groups is 1. The molecule has 1 aliphatic carbocycles. The van der Waals surface area contributed by atoms with Crippen LogP contribution in [0.4, 0.5) is 8.78 Å². The smallest absolute Gasteiger partial charge is 0.226 e. The number of benzene rings is 2. The van der Waals surface area contributed by atoms with Crippen LogP contribution in [0, 0.1) is 11.6 Å². The van der Waals surface area contributed by atoms with Crippen LogP contribution in [0.1, 0.15) is 24.1 Å². The maximum Gasteiger partial charge on any atom is 0.226 e. The van der Waals surface area contributed by atoms with Gasteiger partial charge in [0.25, 0.3) is 0 Å². The van der Waals surface area contributed by atoms with E-state index in [-0.39, 0.29) is 41.0 Å². The molecule has 1 saturated carbocycles. The number of oxazole rings is 1. The maximum atomic E-state index is 14.2. The van der Waals surface area contributed by atoms with E-state index in [9.17, 15) is 8.78 Å². The van der Waals surface area contributed by atoms with Crippen LogP contribution in [-0.4, -0.2) is 31.1 Å². The summed E-state index contributed by atoms with van der Waals surface area (Å²) in [5, 5.41) is 6.57. The summed E-state index contributed by atoms with van der Waals surface area (Å²) in [6, 6.07) is 13.0. The lowest BCUT2D eigenvalue weighted by atomic mass is 9.95. The van der Waals surface area contributed by atoms with Crippen molar-refractivity contribution >= 4 is 29.9 Å². The van der Waals surface area contributed by atoms with Gasteiger partial charge in [-0.05, 0) is 48.7 Å². The van der Waals surface area contributed by atoms with Crippen molar-refractivity contribution in [3.05, 3.63) is 77.7 Å². The third-order valence-corrected chi connectivity index (χ3v) is 5.43. The molecule has 8 heteroatoms. The van der Waals surface area contributed by atoms with Crippen molar-refractivity contribution in [2.24, 2.45) is 4.99 Å². The molecule has 31 heavy (non-hydrogen) atoms. The van der Waals surface area contributed by atoms with Crippen molar-refractivity contribution in [1.82, 2.24) is 15.6 Å². The standard InChI is InChI=1S/C23H24F2N4O.HI/c1-26-22(28-15-23(11-12-23)19-4-2-3-5-20(19)25)27-13-10-18-14-30-21(29-18)16-6-8-17(24)9-7-16;/h2-9,14H,10-13,15H2,1H3,(H2,26,27,28);1H. The van der Waals surface area contributed by atoms with E-state index in [1.54, 1.807) is 31.5 Å². The minimum atomic E-state index is -0.295. The van der Waals surface area contributed by atoms with Crippen molar-refractivity contribution in [2.45, 2.75) is 24.7 Å². The van der Waals surface area contributed by atoms with E-state index in [0.717, 1.165) is 29.7 Å². The first-order chi connectivity index (χ1) is 14.6. The molecule has 0 radical (unpaired) electrons. The molecule has 2 N–H and O–H groups in total. The molecule has 164 valence electrons. The average Bonchev–Trinajstić information content (AvgIpc) is 3.40. The largest absolute Gasteiger partial charge is 0.444 e. The van der Waals surface area contributed by atoms with Crippen LogP contribution in [0.15, 0.2) is 64.2 Å². The van der Waals surface area contributed by atoms with Gasteiger partial charge in [0.15, 0.2) is 5.96 Å². The van der Waals surface area contributed by atoms with Gasteiger partial charge in [-0.25, -0.2) is 13.8 Å². The Morgan fingerprint density at radius 3 is 2.52 bits per heavy atom. The zero-order valence-corrected chi connectivity index (χ0v) is 19.5. The Kier molecular flexibility index (Phi) is 7.64. The first-order valence-corrected chi connectivity index (χ1v) is 9.99. The molecule has 0 saturated heterocycles. The summed E-state index contributed by atoms with van der Waals surface area (Å²) in [5.74, 6) is 0.687. The molecule has 1 aromatic heterocycles. The molecule has 0 amide bonds. The minimum Gasteiger partial charge on any atom is -0.444 e. The lowest BCUT2D eigenvalue weighted by Gasteiger charge is -2.19. The summed E-state index contributed by atoms with van der Waals surface area (Å²) in [4.78, 5) is 8.69. The second kappa shape index (κ2) is 10.2. The van der Waals surface area contributed by atoms with Gasteiger partial charge in [-0.2, -0.15) is 0 Å². The fourth-order valence-corrected chi connectivity index (χ4v) is 3.51. The Labute approximate surface area is 197 Å². The Hall–Kier alpha value is -2.49. The van der Waals surface area contributed by atoms with Crippen LogP contribution in [0.3, 0.4) is 0 Å². The summed E-state index contributed by atoms with van der Waals surface area (Å²) < 4.78 is 32.7. The number of nitrogens with one attached hydrogen (secondary N) is 2. The van der Waals surface area contributed by atoms with Gasteiger partial charge in [-0.3, -0.25) is 4.99 Å². The zero-order chi connectivity index (χ0) is 21.0. The quantitative estimate of drug-likeness (QED) is 0.261. The molecule has 3 aromatic rings. The van der Waals surface area contributed by atoms with Crippen LogP contribution in [0.5, 0.6) is 0 Å². The van der Waals surface area contributed by atoms with E-state index < -0.39 is 0 Å². The summed E-state index contributed by atoms with van der Waals surface area (Å²) in [7, 11) is 1.71. The van der Waals surface area contributed by atoms with Crippen molar-refractivity contribution < 1.29 is 13.2 Å². The van der Waals surface area contributed by atoms with Crippen molar-refractivity contribution in [3.63, 3.8) is 0 Å². The van der Waals surface area contributed by atoms with Gasteiger partial charge in [0, 0.05) is 37.5 Å². The first kappa shape index (κ1) is 23.2. The molecule has 0 atom stereocenters. The van der Waals surface area contributed by atoms with Gasteiger partial charge < -0.3 is 15.1 Å². The van der Waals surface area contributed by atoms with E-state index in [4.69, 9.17) is 4.42 Å². The second-order valence-electron chi connectivity index (χ2n) is 7.51. The lowest BCUT2D eigenvalue weighted by molar-refractivity contribution is 0.559. The van der Waals surface area contributed by atoms with Crippen molar-refractivity contribution in [1.29, 1.82) is 0 Å². The van der Waals surface area contributed by atoms with E-state index in [1.807, 2.05) is 12.1 Å². The fourth-order valence-electron chi connectivity index (χ4n) is 3.51. The van der Waals surface area contributed by atoms with Gasteiger partial charge in [0.2, 0.25) is 5.89 Å². The van der Waals surface area contributed by atoms with Crippen LogP contribution >= 0.6 is 24.0 Å². The van der Waals surface area contributed by atoms with E-state index in [2.05, 4.69) is 20.6 Å². The molecule has 0 unspecified atom stereocenters. The molecule has 1 fully saturated rings. The van der Waals surface area contributed by atoms with Gasteiger partial charge in [0.05, 0.1) is 5.69 Å². The highest BCUT2D eigenvalue weighted by Gasteiger charge is 2.45. The monoisotopic (exact) mass is 538 g/mol. The number of halogens is 3. The topological polar surface area (TPSA) is 62.5 Å². The van der Waals surface area contributed by atoms with E-state index >= 15 is 0 Å². The van der Waals surface area contributed by atoms with E-state index in [0.29, 0.717) is 31.4 Å². The number of hydrogen-bond acceptors (Lipinski definition) is 3. The Morgan fingerprint density at radius 2 is 1.84 bits per heavy atom. The predicted molar refractivity (Wildman–Crippen MR) is 128 cm³/mol. The van der Waals surface area contributed by atoms with Crippen LogP contribution in [0.2, 0.25) is 0 Å². The number of rotatable bonds is 7. The number of nitrogens with zero attached hydrogens (tertiary/aromatic N) is 2. The number of aromatic nitrogens is 1. The molecule has 0 bridgehead atoms. The zero-order valence-electron chi connectivity index (χ0n) is 17.2. The Balaban J connectivity index is 0.00000272. The Bertz CT molecular complexity index is 1030. The van der Waals surface area contributed by atoms with E-state index in [1.165, 1.54) is 18.2 Å². The highest BCUT2D eigenvalue weighted by molar-refractivity contribution is 14.0. The molecular weight excluding hydrogens is 513 g/mol. The van der Waals surface area contributed by atoms with Gasteiger partial charge in [-0.15, -0.1) is 24.0 Å². The number of guanidine groups is 1. The van der Waals surface area contributed by atoms with Crippen LogP contribution in [0.25, 0.3) is 11.5 Å². The highest BCUT2D eigenvalue weighted by atomic mass is 127. The summed E-state index contributed by atoms with van der Waals surface area (Å²) in [6.45, 7) is 1.24. The predicted octanol–water partition coefficient (Wildman–Crippen LogP) is 4.68. The summed E-state index contributed by atoms with van der Waals surface area (Å²) in [6.07, 6.45) is 4.17. The van der Waals surface area contributed by atoms with Crippen molar-refractivity contribution in [2.75, 3.05) is 20.1 Å². The first-order valence-electron chi connectivity index (χ1n) is 9.99. The molecular formula is C23H25F2IN4O. The highest BCUT2D eigenvalue weighted by Crippen LogP contribution is 2.48. The van der Waals surface area contributed by atoms with Crippen molar-refractivity contribution in [3.8, 4) is 11.5 Å². The van der Waals surface area contributed by atoms with Crippen LogP contribution < -0.4 is 10.6 Å². The summed E-state index contributed by atoms with van der Waals surface area (Å²) in [5.41, 5.74) is 2.14. The molecule has 2 aromatic carbocycles. The minimum absolute atomic E-state index is 0. The van der Waals surface area contributed by atoms with Crippen LogP contribution in [-0.2, 0) is 11.8 Å². The maximum absolute atomic E-state index is 14.2. The van der Waals surface area contributed by atoms with Gasteiger partial charge in [-0.1, -0.05) is 18.2 Å². The van der Waals surface area contributed by atoms with Gasteiger partial charge in [0.1, 0.15) is 17.9 Å². The molecule has 0 spiro atoms. The third kappa shape index (κ3) is 5.61. The summed E-state index contributed by atoms with van der Waals surface area (Å²) >= 11 is 0. The number of hydrogen-bond donors (Lipinski definition) is 2. The average molecular weight is 538 g/mol. The molecule has 1 aliphatic rings. The molecule has 5 nitrogen and oxygen atoms in total.